The van der Waals surface area contributed by atoms with E-state index in [0.717, 1.165) is 45.6 Å². The Labute approximate surface area is 254 Å². The molecule has 12 heteroatoms. The minimum absolute atomic E-state index is 0. The van der Waals surface area contributed by atoms with Gasteiger partial charge >= 0.3 is 5.97 Å². The predicted molar refractivity (Wildman–Crippen MR) is 168 cm³/mol. The monoisotopic (exact) mass is 630 g/mol. The van der Waals surface area contributed by atoms with Gasteiger partial charge in [-0.2, -0.15) is 0 Å². The van der Waals surface area contributed by atoms with Crippen molar-refractivity contribution in [2.45, 2.75) is 49.8 Å². The smallest absolute Gasteiger partial charge is 0.336 e. The first-order valence-corrected chi connectivity index (χ1v) is 14.6. The van der Waals surface area contributed by atoms with Crippen molar-refractivity contribution in [3.8, 4) is 0 Å². The number of sulfonamides is 1. The number of aromatic carboxylic acids is 1. The molecule has 2 N–H and O–H groups in total. The summed E-state index contributed by atoms with van der Waals surface area (Å²) in [6.07, 6.45) is 6.02. The summed E-state index contributed by atoms with van der Waals surface area (Å²) in [5.41, 5.74) is 2.12. The van der Waals surface area contributed by atoms with E-state index >= 15 is 0 Å². The summed E-state index contributed by atoms with van der Waals surface area (Å²) in [5, 5.41) is 10.3. The van der Waals surface area contributed by atoms with Gasteiger partial charge in [0.25, 0.3) is 10.0 Å². The van der Waals surface area contributed by atoms with Gasteiger partial charge in [-0.3, -0.25) is 4.72 Å². The molecule has 3 aromatic rings. The lowest BCUT2D eigenvalue weighted by Gasteiger charge is -2.35. The number of fused-ring (bicyclic) bond motifs is 1. The molecule has 2 heterocycles. The van der Waals surface area contributed by atoms with E-state index in [9.17, 15) is 18.3 Å². The summed E-state index contributed by atoms with van der Waals surface area (Å²) in [6, 6.07) is 13.6. The van der Waals surface area contributed by atoms with Crippen molar-refractivity contribution in [3.63, 3.8) is 0 Å². The van der Waals surface area contributed by atoms with E-state index < -0.39 is 16.0 Å². The molecule has 0 atom stereocenters. The van der Waals surface area contributed by atoms with Crippen LogP contribution in [0, 0.1) is 0 Å². The zero-order chi connectivity index (χ0) is 26.0. The number of rotatable bonds is 7. The van der Waals surface area contributed by atoms with Crippen molar-refractivity contribution >= 4 is 75.6 Å². The topological polar surface area (TPSA) is 103 Å². The van der Waals surface area contributed by atoms with Crippen LogP contribution >= 0.6 is 37.2 Å². The molecule has 1 aromatic heterocycles. The van der Waals surface area contributed by atoms with Gasteiger partial charge in [0.05, 0.1) is 16.0 Å². The fourth-order valence-corrected chi connectivity index (χ4v) is 6.53. The van der Waals surface area contributed by atoms with E-state index in [4.69, 9.17) is 4.98 Å². The Morgan fingerprint density at radius 3 is 2.20 bits per heavy atom. The summed E-state index contributed by atoms with van der Waals surface area (Å²) in [7, 11) is -3.83. The highest BCUT2D eigenvalue weighted by Gasteiger charge is 2.22. The lowest BCUT2D eigenvalue weighted by atomic mass is 9.84. The molecule has 1 saturated heterocycles. The van der Waals surface area contributed by atoms with Gasteiger partial charge < -0.3 is 14.9 Å². The summed E-state index contributed by atoms with van der Waals surface area (Å²) < 4.78 is 28.8. The SMILES string of the molecule is CCN1CCN(c2cc(C(=O)O)c3cc(NS(=O)(=O)c4ccc(C5CCCCC5)cc4)ccc3n2)CC1.Cl.Cl.Cl. The lowest BCUT2D eigenvalue weighted by molar-refractivity contribution is 0.0699. The second kappa shape index (κ2) is 14.5. The number of benzene rings is 2. The first-order valence-electron chi connectivity index (χ1n) is 13.1. The zero-order valence-corrected chi connectivity index (χ0v) is 25.7. The Kier molecular flexibility index (Phi) is 12.3. The van der Waals surface area contributed by atoms with Crippen LogP contribution in [0.15, 0.2) is 53.4 Å². The minimum Gasteiger partial charge on any atom is -0.478 e. The van der Waals surface area contributed by atoms with Crippen LogP contribution in [0.5, 0.6) is 0 Å². The van der Waals surface area contributed by atoms with Gasteiger partial charge in [0.15, 0.2) is 0 Å². The number of nitrogens with zero attached hydrogens (tertiary/aromatic N) is 3. The van der Waals surface area contributed by atoms with Crippen molar-refractivity contribution in [1.29, 1.82) is 0 Å². The Hall–Kier alpha value is -2.30. The summed E-state index contributed by atoms with van der Waals surface area (Å²) >= 11 is 0. The molecule has 0 unspecified atom stereocenters. The van der Waals surface area contributed by atoms with E-state index in [2.05, 4.69) is 21.4 Å². The third-order valence-corrected chi connectivity index (χ3v) is 9.09. The van der Waals surface area contributed by atoms with Crippen molar-refractivity contribution < 1.29 is 18.3 Å². The molecule has 1 aliphatic heterocycles. The van der Waals surface area contributed by atoms with Crippen LogP contribution < -0.4 is 9.62 Å². The molecular weight excluding hydrogens is 595 g/mol. The van der Waals surface area contributed by atoms with Gasteiger partial charge in [-0.25, -0.2) is 18.2 Å². The van der Waals surface area contributed by atoms with Crippen molar-refractivity contribution in [3.05, 3.63) is 59.7 Å². The highest BCUT2D eigenvalue weighted by Crippen LogP contribution is 2.33. The van der Waals surface area contributed by atoms with Crippen LogP contribution in [-0.2, 0) is 10.0 Å². The molecule has 2 aliphatic rings. The number of carboxylic acids is 1. The van der Waals surface area contributed by atoms with Gasteiger partial charge in [0.2, 0.25) is 0 Å². The number of carbonyl (C=O) groups is 1. The molecular formula is C28H37Cl3N4O4S. The second-order valence-corrected chi connectivity index (χ2v) is 11.7. The number of hydrogen-bond acceptors (Lipinski definition) is 6. The van der Waals surface area contributed by atoms with E-state index in [0.29, 0.717) is 28.3 Å². The molecule has 220 valence electrons. The maximum absolute atomic E-state index is 13.1. The molecule has 0 bridgehead atoms. The third-order valence-electron chi connectivity index (χ3n) is 7.69. The minimum atomic E-state index is -3.83. The summed E-state index contributed by atoms with van der Waals surface area (Å²) in [4.78, 5) is 21.5. The number of anilines is 2. The zero-order valence-electron chi connectivity index (χ0n) is 22.4. The quantitative estimate of drug-likeness (QED) is 0.321. The van der Waals surface area contributed by atoms with Crippen LogP contribution in [0.2, 0.25) is 0 Å². The Morgan fingerprint density at radius 1 is 0.950 bits per heavy atom. The summed E-state index contributed by atoms with van der Waals surface area (Å²) in [5.74, 6) is 0.0625. The first-order chi connectivity index (χ1) is 17.8. The normalized spacial score (nSPS) is 16.4. The third kappa shape index (κ3) is 7.50. The van der Waals surface area contributed by atoms with Crippen molar-refractivity contribution in [1.82, 2.24) is 9.88 Å². The van der Waals surface area contributed by atoms with Gasteiger partial charge in [-0.1, -0.05) is 38.3 Å². The Bertz CT molecular complexity index is 1390. The maximum Gasteiger partial charge on any atom is 0.336 e. The fourth-order valence-electron chi connectivity index (χ4n) is 5.48. The number of nitrogens with one attached hydrogen (secondary N) is 1. The number of piperazine rings is 1. The molecule has 1 saturated carbocycles. The molecule has 0 radical (unpaired) electrons. The van der Waals surface area contributed by atoms with E-state index in [1.807, 2.05) is 12.1 Å². The number of halogens is 3. The Morgan fingerprint density at radius 2 is 1.60 bits per heavy atom. The van der Waals surface area contributed by atoms with E-state index in [1.54, 1.807) is 36.4 Å². The van der Waals surface area contributed by atoms with Crippen LogP contribution in [0.25, 0.3) is 10.9 Å². The molecule has 5 rings (SSSR count). The maximum atomic E-state index is 13.1. The van der Waals surface area contributed by atoms with Crippen LogP contribution in [0.4, 0.5) is 11.5 Å². The molecule has 2 fully saturated rings. The largest absolute Gasteiger partial charge is 0.478 e. The average molecular weight is 632 g/mol. The summed E-state index contributed by atoms with van der Waals surface area (Å²) in [6.45, 7) is 6.49. The molecule has 0 amide bonds. The highest BCUT2D eigenvalue weighted by molar-refractivity contribution is 7.92. The van der Waals surface area contributed by atoms with Gasteiger partial charge in [-0.05, 0) is 67.3 Å². The second-order valence-electron chi connectivity index (χ2n) is 10.00. The van der Waals surface area contributed by atoms with E-state index in [1.165, 1.54) is 24.8 Å². The lowest BCUT2D eigenvalue weighted by Crippen LogP contribution is -2.46. The van der Waals surface area contributed by atoms with Gasteiger partial charge in [0.1, 0.15) is 5.82 Å². The highest BCUT2D eigenvalue weighted by atomic mass is 35.5. The molecule has 0 spiro atoms. The molecule has 1 aliphatic carbocycles. The predicted octanol–water partition coefficient (Wildman–Crippen LogP) is 6.19. The number of aromatic nitrogens is 1. The van der Waals surface area contributed by atoms with Gasteiger partial charge in [0, 0.05) is 37.3 Å². The first kappa shape index (κ1) is 33.9. The molecule has 8 nitrogen and oxygen atoms in total. The van der Waals surface area contributed by atoms with E-state index in [-0.39, 0.29) is 47.7 Å². The number of likely N-dealkylation sites (N-methyl/N-ethyl adjacent to an activating group) is 1. The standard InChI is InChI=1S/C28H34N4O4S.3ClH/c1-2-31-14-16-32(17-15-31)27-19-25(28(33)34)24-18-22(10-13-26(24)29-27)30-37(35,36)23-11-8-21(9-12-23)20-6-4-3-5-7-20;;;/h8-13,18-20,30H,2-7,14-17H2,1H3,(H,33,34);3*1H. The fraction of sp³-hybridized carbons (Fsp3) is 0.429. The van der Waals surface area contributed by atoms with Gasteiger partial charge in [-0.15, -0.1) is 37.2 Å². The van der Waals surface area contributed by atoms with Crippen LogP contribution in [0.1, 0.15) is 60.9 Å². The Balaban J connectivity index is 0.00000187. The van der Waals surface area contributed by atoms with Crippen molar-refractivity contribution in [2.24, 2.45) is 0 Å². The average Bonchev–Trinajstić information content (AvgIpc) is 2.93. The molecule has 2 aromatic carbocycles. The number of hydrogen-bond donors (Lipinski definition) is 2. The number of carboxylic acid groups (broad SMARTS) is 1. The number of pyridine rings is 1. The van der Waals surface area contributed by atoms with Crippen molar-refractivity contribution in [2.75, 3.05) is 42.3 Å². The van der Waals surface area contributed by atoms with Crippen LogP contribution in [-0.4, -0.2) is 62.1 Å². The van der Waals surface area contributed by atoms with Crippen LogP contribution in [0.3, 0.4) is 0 Å². The molecule has 40 heavy (non-hydrogen) atoms.